The summed E-state index contributed by atoms with van der Waals surface area (Å²) < 4.78 is 17.2. The maximum atomic E-state index is 12.6. The first-order valence-corrected chi connectivity index (χ1v) is 84.8. The van der Waals surface area contributed by atoms with E-state index in [0.717, 1.165) is 16.7 Å². The molecule has 0 radical (unpaired) electrons. The van der Waals surface area contributed by atoms with E-state index >= 15 is 0 Å². The van der Waals surface area contributed by atoms with Crippen molar-refractivity contribution in [3.63, 3.8) is 0 Å². The Labute approximate surface area is 773 Å². The lowest BCUT2D eigenvalue weighted by molar-refractivity contribution is 0.0640. The van der Waals surface area contributed by atoms with E-state index in [-0.39, 0.29) is 30.2 Å². The number of terminal acetylenes is 1. The van der Waals surface area contributed by atoms with Crippen molar-refractivity contribution in [2.24, 2.45) is 0 Å². The molecule has 9 rings (SSSR count). The zero-order chi connectivity index (χ0) is 78.7. The van der Waals surface area contributed by atoms with Gasteiger partial charge in [0.1, 0.15) is 24.7 Å². The molecule has 594 valence electrons. The van der Waals surface area contributed by atoms with Crippen LogP contribution in [0.2, 0.25) is 0 Å². The Morgan fingerprint density at radius 3 is 1.06 bits per heavy atom. The van der Waals surface area contributed by atoms with Crippen molar-refractivity contribution in [3.05, 3.63) is 179 Å². The van der Waals surface area contributed by atoms with Crippen molar-refractivity contribution < 1.29 is 33.2 Å². The van der Waals surface area contributed by atoms with Crippen molar-refractivity contribution in [1.29, 1.82) is 0 Å². The minimum Gasteiger partial charge on any atom is -0.472 e. The second kappa shape index (κ2) is 68.2. The summed E-state index contributed by atoms with van der Waals surface area (Å²) in [5.74, 6) is 2.86. The summed E-state index contributed by atoms with van der Waals surface area (Å²) in [5.41, 5.74) is 5.85. The molecule has 14 nitrogen and oxygen atoms in total. The molecular weight excluding hydrogens is 2270 g/mol. The van der Waals surface area contributed by atoms with E-state index in [1.807, 2.05) is 73.2 Å². The maximum absolute atomic E-state index is 12.6. The lowest BCUT2D eigenvalue weighted by Crippen LogP contribution is -2.31. The van der Waals surface area contributed by atoms with Crippen molar-refractivity contribution in [2.45, 2.75) is 36.4 Å². The van der Waals surface area contributed by atoms with Gasteiger partial charge in [-0.3, -0.25) is 29.0 Å². The third kappa shape index (κ3) is 43.4. The zero-order valence-electron chi connectivity index (χ0n) is 54.1. The van der Waals surface area contributed by atoms with Gasteiger partial charge in [-0.05, 0) is 47.9 Å². The van der Waals surface area contributed by atoms with Gasteiger partial charge in [-0.2, -0.15) is 9.97 Å². The molecule has 7 aromatic rings. The van der Waals surface area contributed by atoms with Crippen LogP contribution in [0.25, 0.3) is 17.3 Å². The third-order valence-electron chi connectivity index (χ3n) is 11.2. The third-order valence-corrected chi connectivity index (χ3v) is 94.5. The molecule has 0 fully saturated rings. The van der Waals surface area contributed by atoms with Crippen molar-refractivity contribution in [1.82, 2.24) is 34.9 Å². The molecule has 2 aliphatic rings. The van der Waals surface area contributed by atoms with Gasteiger partial charge in [0.15, 0.2) is 10.3 Å². The van der Waals surface area contributed by atoms with Gasteiger partial charge < -0.3 is 14.0 Å². The average Bonchev–Trinajstić information content (AvgIpc) is 1.64. The number of carbonyl (C=O) groups excluding carboxylic acids is 4. The highest BCUT2D eigenvalue weighted by atomic mass is 33.5. The molecule has 59 heteroatoms. The van der Waals surface area contributed by atoms with Gasteiger partial charge in [0.2, 0.25) is 11.8 Å². The number of aromatic nitrogens is 5. The van der Waals surface area contributed by atoms with Crippen molar-refractivity contribution in [3.8, 4) is 35.4 Å². The van der Waals surface area contributed by atoms with Gasteiger partial charge in [0.05, 0.1) is 33.4 Å². The number of benzene rings is 4. The number of fused-ring (bicyclic) bond motifs is 2. The first-order chi connectivity index (χ1) is 54.0. The molecule has 0 aliphatic carbocycles. The molecule has 4 aromatic carbocycles. The Morgan fingerprint density at radius 2 is 0.736 bits per heavy atom. The summed E-state index contributed by atoms with van der Waals surface area (Å²) >= 11 is 21.9. The smallest absolute Gasteiger partial charge is 0.261 e. The molecule has 110 heavy (non-hydrogen) atoms. The van der Waals surface area contributed by atoms with E-state index < -0.39 is 0 Å². The fourth-order valence-electron chi connectivity index (χ4n) is 7.14. The van der Waals surface area contributed by atoms with E-state index in [1.54, 1.807) is 384 Å². The van der Waals surface area contributed by atoms with Gasteiger partial charge in [-0.25, -0.2) is 9.97 Å². The van der Waals surface area contributed by atoms with Gasteiger partial charge in [-0.15, -0.1) is 12.3 Å². The molecule has 0 atom stereocenters. The van der Waals surface area contributed by atoms with Crippen LogP contribution in [0, 0.1) is 12.3 Å². The molecule has 3 aromatic heterocycles. The summed E-state index contributed by atoms with van der Waals surface area (Å²) in [5, 5.41) is 5.43. The molecule has 4 amide bonds. The average molecular weight is 2310 g/mol. The van der Waals surface area contributed by atoms with Gasteiger partial charge in [0, 0.05) is 435 Å². The number of hydrogen-bond acceptors (Lipinski definition) is 18. The Bertz CT molecular complexity index is 6260. The quantitative estimate of drug-likeness (QED) is 0.0412. The minimum absolute atomic E-state index is 0.195. The largest absolute Gasteiger partial charge is 0.472 e. The van der Waals surface area contributed by atoms with Crippen LogP contribution in [0.15, 0.2) is 149 Å². The Balaban J connectivity index is 0.000000254. The number of rotatable bonds is 15. The highest BCUT2D eigenvalue weighted by Crippen LogP contribution is 2.31. The van der Waals surface area contributed by atoms with Gasteiger partial charge >= 0.3 is 0 Å². The number of ether oxygens (including phenoxy) is 2. The fraction of sp³-hybridized carbons (Fsp3) is 0.157. The summed E-state index contributed by atoms with van der Waals surface area (Å²) in [7, 11) is 67.1. The molecule has 2 aliphatic heterocycles. The van der Waals surface area contributed by atoms with Gasteiger partial charge in [-0.1, -0.05) is 126 Å². The molecule has 0 saturated carbocycles. The normalized spacial score (nSPS) is 10.4. The summed E-state index contributed by atoms with van der Waals surface area (Å²) in [6, 6.07) is 35.2. The van der Waals surface area contributed by atoms with Crippen LogP contribution in [0.3, 0.4) is 0 Å². The molecule has 0 bridgehead atoms. The molecular formula is C51H43N7O7S45. The van der Waals surface area contributed by atoms with E-state index in [0.29, 0.717) is 93.9 Å². The van der Waals surface area contributed by atoms with Crippen molar-refractivity contribution >= 4 is 444 Å². The van der Waals surface area contributed by atoms with Crippen molar-refractivity contribution in [2.75, 3.05) is 25.6 Å². The summed E-state index contributed by atoms with van der Waals surface area (Å²) in [6.45, 7) is 5.07. The molecule has 0 unspecified atom stereocenters. The molecule has 5 heterocycles. The Morgan fingerprint density at radius 1 is 0.427 bits per heavy atom. The highest BCUT2D eigenvalue weighted by Gasteiger charge is 2.36. The van der Waals surface area contributed by atoms with Crippen LogP contribution in [0.5, 0.6) is 11.8 Å². The molecule has 0 spiro atoms. The zero-order valence-corrected chi connectivity index (χ0v) is 90.8. The van der Waals surface area contributed by atoms with Crippen LogP contribution >= 0.6 is 23.5 Å². The topological polar surface area (TPSA) is 171 Å². The van der Waals surface area contributed by atoms with E-state index in [1.165, 1.54) is 68.8 Å². The van der Waals surface area contributed by atoms with E-state index in [9.17, 15) is 19.2 Å². The summed E-state index contributed by atoms with van der Waals surface area (Å²) in [4.78, 5) is 68.4. The number of amides is 4. The van der Waals surface area contributed by atoms with Crippen LogP contribution in [-0.2, 0) is 411 Å². The van der Waals surface area contributed by atoms with Crippen LogP contribution in [0.4, 0.5) is 0 Å². The molecule has 0 N–H and O–H groups in total. The number of imide groups is 2. The predicted octanol–water partition coefficient (Wildman–Crippen LogP) is 8.89. The summed E-state index contributed by atoms with van der Waals surface area (Å²) in [6.07, 6.45) is 14.7. The first kappa shape index (κ1) is 102. The van der Waals surface area contributed by atoms with E-state index in [4.69, 9.17) is 65.2 Å². The second-order valence-electron chi connectivity index (χ2n) is 17.1. The maximum Gasteiger partial charge on any atom is 0.261 e. The number of thioether (sulfide) groups is 2. The second-order valence-corrected chi connectivity index (χ2v) is 87.6. The molecule has 0 saturated heterocycles. The Hall–Kier alpha value is 1.59. The van der Waals surface area contributed by atoms with Crippen LogP contribution < -0.4 is 9.47 Å². The van der Waals surface area contributed by atoms with Gasteiger partial charge in [0.25, 0.3) is 23.6 Å². The lowest BCUT2D eigenvalue weighted by Gasteiger charge is -2.12. The number of hydrogen-bond donors (Lipinski definition) is 0. The standard InChI is InChI=1S/C25H20N4O4S.C14H14N2OS.C12H9NO2.S22.S21/c1-34-25-26-14-20(22(27-25)32-15-16-7-3-2-4-8-16)21-13-17(33-28-21)11-12-29-23(30)18-9-5-6-10-19(18)24(29)31;1-3-12-9-15-14(18-2)16-13(12)17-10-11-7-5-4-6-8-11;1-2-3-8-13-11(14)9-6-4-5-7-10(9)12(13)15;1-3-5-7-9-11-13-15-17-19-21-22-20-18-16-14-12-10-8-6-4-2;1-3-5-7-9-11-13-15-17-19-21-20-18-16-14-12-10-8-6-4-2/h2-10,13-14H,11-12,15H2,1H3;3-9H,1,10H2,2H3;1,4-7H,3,8H2;;. The number of nitrogens with zero attached hydrogens (tertiary/aromatic N) is 7. The predicted molar refractivity (Wildman–Crippen MR) is 572 cm³/mol. The monoisotopic (exact) mass is 2300 g/mol. The highest BCUT2D eigenvalue weighted by molar-refractivity contribution is 8.80. The van der Waals surface area contributed by atoms with Crippen LogP contribution in [-0.4, -0.2) is 84.1 Å². The minimum atomic E-state index is -0.294. The fourth-order valence-corrected chi connectivity index (χ4v) is 104. The SMILES string of the molecule is C#CCCN1C(=O)c2ccccc2C1=O.C=Cc1cnc(SC)nc1OCc1ccccc1.CSc1ncc(-c2cc(CCN3C(=O)c4ccccc4C3=O)on2)c(OCc2ccccc2)n1.S=S=S=S=S=S=S=S=S=S=S=S=S=S=S=S=S=S=S=S=S.S=S=S=S=S=S=S=S=S=S=S=S=S=S=S=S=S=S=S=S=S=S. The Kier molecular flexibility index (Phi) is 63.3. The number of carbonyl (C=O) groups is 4. The van der Waals surface area contributed by atoms with E-state index in [2.05, 4.69) is 37.6 Å². The van der Waals surface area contributed by atoms with Crippen LogP contribution in [0.1, 0.15) is 70.3 Å². The lowest BCUT2D eigenvalue weighted by atomic mass is 10.1. The first-order valence-electron chi connectivity index (χ1n) is 27.6.